The van der Waals surface area contributed by atoms with E-state index in [4.69, 9.17) is 10.00 Å². The van der Waals surface area contributed by atoms with Crippen LogP contribution in [0.2, 0.25) is 0 Å². The number of likely N-dealkylation sites (tertiary alicyclic amines) is 1. The molecule has 0 saturated carbocycles. The highest BCUT2D eigenvalue weighted by atomic mass is 32.1. The number of carbonyl (C=O) groups is 1. The molecule has 0 atom stereocenters. The molecule has 1 aliphatic rings. The molecule has 20 heavy (non-hydrogen) atoms. The molecule has 5 nitrogen and oxygen atoms in total. The maximum Gasteiger partial charge on any atom is 0.410 e. The zero-order valence-electron chi connectivity index (χ0n) is 12.0. The van der Waals surface area contributed by atoms with Crippen LogP contribution in [0.15, 0.2) is 12.1 Å². The maximum absolute atomic E-state index is 11.7. The fourth-order valence-corrected chi connectivity index (χ4v) is 2.62. The van der Waals surface area contributed by atoms with E-state index in [2.05, 4.69) is 11.4 Å². The van der Waals surface area contributed by atoms with Crippen LogP contribution in [0, 0.1) is 11.3 Å². The molecule has 2 heterocycles. The number of nitrogens with zero attached hydrogens (tertiary/aromatic N) is 2. The fourth-order valence-electron chi connectivity index (χ4n) is 1.86. The highest BCUT2D eigenvalue weighted by Gasteiger charge is 2.33. The van der Waals surface area contributed by atoms with Crippen LogP contribution in [0.4, 0.5) is 4.79 Å². The first-order valence-corrected chi connectivity index (χ1v) is 7.39. The van der Waals surface area contributed by atoms with Crippen molar-refractivity contribution in [2.24, 2.45) is 0 Å². The minimum atomic E-state index is -0.444. The Labute approximate surface area is 123 Å². The van der Waals surface area contributed by atoms with Gasteiger partial charge in [0.05, 0.1) is 0 Å². The fraction of sp³-hybridized carbons (Fsp3) is 0.571. The van der Waals surface area contributed by atoms with Crippen LogP contribution in [-0.4, -0.2) is 35.7 Å². The van der Waals surface area contributed by atoms with Gasteiger partial charge in [0.15, 0.2) is 0 Å². The smallest absolute Gasteiger partial charge is 0.410 e. The summed E-state index contributed by atoms with van der Waals surface area (Å²) in [5.74, 6) is 0. The molecule has 1 aliphatic heterocycles. The van der Waals surface area contributed by atoms with E-state index >= 15 is 0 Å². The summed E-state index contributed by atoms with van der Waals surface area (Å²) >= 11 is 1.50. The maximum atomic E-state index is 11.7. The van der Waals surface area contributed by atoms with Crippen molar-refractivity contribution < 1.29 is 9.53 Å². The summed E-state index contributed by atoms with van der Waals surface area (Å²) in [6.45, 7) is 7.67. The van der Waals surface area contributed by atoms with Crippen LogP contribution in [0.25, 0.3) is 0 Å². The number of ether oxygens (including phenoxy) is 1. The highest BCUT2D eigenvalue weighted by Crippen LogP contribution is 2.18. The lowest BCUT2D eigenvalue weighted by atomic mass is 10.1. The highest BCUT2D eigenvalue weighted by molar-refractivity contribution is 7.12. The molecule has 2 rings (SSSR count). The standard InChI is InChI=1S/C14H19N3O2S/c1-14(2,3)19-13(18)17-8-10(9-17)16-7-12-5-4-11(6-15)20-12/h4-5,10,16H,7-9H2,1-3H3. The Bertz CT molecular complexity index is 521. The Morgan fingerprint density at radius 1 is 1.55 bits per heavy atom. The van der Waals surface area contributed by atoms with Gasteiger partial charge in [-0.15, -0.1) is 11.3 Å². The Balaban J connectivity index is 1.69. The number of hydrogen-bond donors (Lipinski definition) is 1. The number of carbonyl (C=O) groups excluding carboxylic acids is 1. The van der Waals surface area contributed by atoms with Crippen molar-refractivity contribution >= 4 is 17.4 Å². The van der Waals surface area contributed by atoms with Crippen LogP contribution in [0.1, 0.15) is 30.5 Å². The van der Waals surface area contributed by atoms with E-state index in [1.165, 1.54) is 11.3 Å². The molecule has 1 aromatic heterocycles. The Kier molecular flexibility index (Phi) is 4.31. The molecule has 1 aromatic rings. The summed E-state index contributed by atoms with van der Waals surface area (Å²) in [6.07, 6.45) is -0.251. The third kappa shape index (κ3) is 3.95. The zero-order valence-corrected chi connectivity index (χ0v) is 12.8. The van der Waals surface area contributed by atoms with Crippen molar-refractivity contribution in [3.8, 4) is 6.07 Å². The normalized spacial score (nSPS) is 15.6. The third-order valence-electron chi connectivity index (χ3n) is 2.87. The molecule has 6 heteroatoms. The van der Waals surface area contributed by atoms with Gasteiger partial charge in [-0.2, -0.15) is 5.26 Å². The first kappa shape index (κ1) is 14.8. The summed E-state index contributed by atoms with van der Waals surface area (Å²) in [5, 5.41) is 12.1. The second-order valence-electron chi connectivity index (χ2n) is 5.84. The van der Waals surface area contributed by atoms with Gasteiger partial charge in [0.2, 0.25) is 0 Å². The van der Waals surface area contributed by atoms with E-state index in [-0.39, 0.29) is 6.09 Å². The minimum Gasteiger partial charge on any atom is -0.444 e. The summed E-state index contributed by atoms with van der Waals surface area (Å²) in [5.41, 5.74) is -0.444. The summed E-state index contributed by atoms with van der Waals surface area (Å²) in [4.78, 5) is 15.3. The van der Waals surface area contributed by atoms with Crippen LogP contribution in [-0.2, 0) is 11.3 Å². The second kappa shape index (κ2) is 5.81. The number of nitriles is 1. The molecule has 0 spiro atoms. The van der Waals surface area contributed by atoms with E-state index < -0.39 is 5.60 Å². The van der Waals surface area contributed by atoms with E-state index in [1.807, 2.05) is 32.9 Å². The lowest BCUT2D eigenvalue weighted by Gasteiger charge is -2.40. The molecule has 0 aromatic carbocycles. The zero-order chi connectivity index (χ0) is 14.8. The molecule has 0 unspecified atom stereocenters. The molecule has 108 valence electrons. The third-order valence-corrected chi connectivity index (χ3v) is 3.86. The quantitative estimate of drug-likeness (QED) is 0.929. The molecular formula is C14H19N3O2S. The number of nitrogens with one attached hydrogen (secondary N) is 1. The van der Waals surface area contributed by atoms with Gasteiger partial charge in [-0.05, 0) is 32.9 Å². The molecule has 0 aliphatic carbocycles. The van der Waals surface area contributed by atoms with Crippen molar-refractivity contribution in [3.63, 3.8) is 0 Å². The summed E-state index contributed by atoms with van der Waals surface area (Å²) < 4.78 is 5.30. The number of thiophene rings is 1. The van der Waals surface area contributed by atoms with Gasteiger partial charge in [0.25, 0.3) is 0 Å². The molecule has 0 bridgehead atoms. The predicted octanol–water partition coefficient (Wildman–Crippen LogP) is 2.33. The van der Waals surface area contributed by atoms with Gasteiger partial charge < -0.3 is 15.0 Å². The average Bonchev–Trinajstić information content (AvgIpc) is 2.72. The Morgan fingerprint density at radius 3 is 2.80 bits per heavy atom. The van der Waals surface area contributed by atoms with E-state index in [9.17, 15) is 4.79 Å². The van der Waals surface area contributed by atoms with Crippen LogP contribution < -0.4 is 5.32 Å². The van der Waals surface area contributed by atoms with Gasteiger partial charge in [-0.1, -0.05) is 0 Å². The van der Waals surface area contributed by atoms with Gasteiger partial charge >= 0.3 is 6.09 Å². The molecule has 0 radical (unpaired) electrons. The molecule has 1 fully saturated rings. The number of amides is 1. The van der Waals surface area contributed by atoms with Crippen LogP contribution in [0.5, 0.6) is 0 Å². The lowest BCUT2D eigenvalue weighted by molar-refractivity contribution is 0.00521. The van der Waals surface area contributed by atoms with Crippen molar-refractivity contribution in [2.45, 2.75) is 39.0 Å². The molecular weight excluding hydrogens is 274 g/mol. The first-order chi connectivity index (χ1) is 9.37. The Hall–Kier alpha value is -1.58. The van der Waals surface area contributed by atoms with Gasteiger partial charge in [-0.25, -0.2) is 4.79 Å². The minimum absolute atomic E-state index is 0.251. The van der Waals surface area contributed by atoms with Crippen molar-refractivity contribution in [3.05, 3.63) is 21.9 Å². The predicted molar refractivity (Wildman–Crippen MR) is 77.5 cm³/mol. The van der Waals surface area contributed by atoms with Gasteiger partial charge in [-0.3, -0.25) is 0 Å². The van der Waals surface area contributed by atoms with Crippen LogP contribution >= 0.6 is 11.3 Å². The summed E-state index contributed by atoms with van der Waals surface area (Å²) in [6, 6.07) is 6.22. The monoisotopic (exact) mass is 293 g/mol. The number of rotatable bonds is 3. The topological polar surface area (TPSA) is 65.4 Å². The van der Waals surface area contributed by atoms with Crippen molar-refractivity contribution in [1.82, 2.24) is 10.2 Å². The van der Waals surface area contributed by atoms with Crippen LogP contribution in [0.3, 0.4) is 0 Å². The Morgan fingerprint density at radius 2 is 2.25 bits per heavy atom. The van der Waals surface area contributed by atoms with Crippen molar-refractivity contribution in [1.29, 1.82) is 5.26 Å². The molecule has 1 amide bonds. The number of hydrogen-bond acceptors (Lipinski definition) is 5. The van der Waals surface area contributed by atoms with Gasteiger partial charge in [0, 0.05) is 30.6 Å². The summed E-state index contributed by atoms with van der Waals surface area (Å²) in [7, 11) is 0. The van der Waals surface area contributed by atoms with E-state index in [0.29, 0.717) is 19.1 Å². The van der Waals surface area contributed by atoms with E-state index in [1.54, 1.807) is 4.90 Å². The van der Waals surface area contributed by atoms with Crippen molar-refractivity contribution in [2.75, 3.05) is 13.1 Å². The van der Waals surface area contributed by atoms with E-state index in [0.717, 1.165) is 16.3 Å². The molecule has 1 N–H and O–H groups in total. The lowest BCUT2D eigenvalue weighted by Crippen LogP contribution is -2.60. The largest absolute Gasteiger partial charge is 0.444 e. The average molecular weight is 293 g/mol. The first-order valence-electron chi connectivity index (χ1n) is 6.57. The SMILES string of the molecule is CC(C)(C)OC(=O)N1CC(NCc2ccc(C#N)s2)C1. The second-order valence-corrected chi connectivity index (χ2v) is 7.01. The molecule has 1 saturated heterocycles. The van der Waals surface area contributed by atoms with Gasteiger partial charge in [0.1, 0.15) is 16.5 Å².